The van der Waals surface area contributed by atoms with Crippen LogP contribution in [0.25, 0.3) is 6.08 Å². The van der Waals surface area contributed by atoms with Gasteiger partial charge >= 0.3 is 0 Å². The summed E-state index contributed by atoms with van der Waals surface area (Å²) in [4.78, 5) is 14.6. The van der Waals surface area contributed by atoms with E-state index in [2.05, 4.69) is 26.1 Å². The Morgan fingerprint density at radius 1 is 1.42 bits per heavy atom. The summed E-state index contributed by atoms with van der Waals surface area (Å²) in [7, 11) is 0. The molecule has 0 saturated carbocycles. The number of anilines is 2. The van der Waals surface area contributed by atoms with Crippen molar-refractivity contribution in [3.05, 3.63) is 50.7 Å². The molecule has 1 aliphatic rings. The van der Waals surface area contributed by atoms with Crippen molar-refractivity contribution in [1.29, 1.82) is 5.26 Å². The third-order valence-electron chi connectivity index (χ3n) is 4.25. The maximum Gasteiger partial charge on any atom is 0.266 e. The molecule has 0 atom stereocenters. The normalized spacial score (nSPS) is 14.4. The van der Waals surface area contributed by atoms with Gasteiger partial charge in [-0.25, -0.2) is 0 Å². The fourth-order valence-corrected chi connectivity index (χ4v) is 3.54. The van der Waals surface area contributed by atoms with Gasteiger partial charge in [0.05, 0.1) is 4.47 Å². The van der Waals surface area contributed by atoms with E-state index in [-0.39, 0.29) is 5.57 Å². The van der Waals surface area contributed by atoms with Gasteiger partial charge in [-0.05, 0) is 53.4 Å². The van der Waals surface area contributed by atoms with E-state index in [1.54, 1.807) is 31.2 Å². The van der Waals surface area contributed by atoms with Gasteiger partial charge in [0.15, 0.2) is 0 Å². The van der Waals surface area contributed by atoms with E-state index < -0.39 is 5.91 Å². The van der Waals surface area contributed by atoms with Crippen molar-refractivity contribution in [2.75, 3.05) is 23.3 Å². The van der Waals surface area contributed by atoms with Gasteiger partial charge < -0.3 is 14.6 Å². The van der Waals surface area contributed by atoms with Crippen molar-refractivity contribution >= 4 is 51.1 Å². The molecule has 0 radical (unpaired) electrons. The molecule has 1 saturated heterocycles. The Morgan fingerprint density at radius 2 is 2.15 bits per heavy atom. The van der Waals surface area contributed by atoms with Gasteiger partial charge in [0.1, 0.15) is 17.4 Å². The van der Waals surface area contributed by atoms with Crippen molar-refractivity contribution in [3.8, 4) is 6.07 Å². The molecule has 7 heteroatoms. The van der Waals surface area contributed by atoms with Crippen LogP contribution in [0.2, 0.25) is 5.02 Å². The number of hydrogen-bond donors (Lipinski definition) is 1. The summed E-state index contributed by atoms with van der Waals surface area (Å²) in [5.74, 6) is 0.679. The number of nitrogens with zero attached hydrogens (tertiary/aromatic N) is 2. The first-order chi connectivity index (χ1) is 12.5. The zero-order valence-electron chi connectivity index (χ0n) is 14.2. The number of carbonyl (C=O) groups excluding carboxylic acids is 1. The number of nitrogens with one attached hydrogen (secondary N) is 1. The minimum atomic E-state index is -0.506. The van der Waals surface area contributed by atoms with E-state index in [0.717, 1.165) is 41.9 Å². The summed E-state index contributed by atoms with van der Waals surface area (Å²) < 4.78 is 6.64. The second-order valence-corrected chi connectivity index (χ2v) is 7.29. The Morgan fingerprint density at radius 3 is 2.85 bits per heavy atom. The van der Waals surface area contributed by atoms with E-state index in [9.17, 15) is 10.1 Å². The lowest BCUT2D eigenvalue weighted by molar-refractivity contribution is -0.112. The van der Waals surface area contributed by atoms with Crippen LogP contribution in [0.3, 0.4) is 0 Å². The molecule has 1 amide bonds. The van der Waals surface area contributed by atoms with Crippen LogP contribution in [-0.2, 0) is 4.79 Å². The maximum atomic E-state index is 12.5. The molecule has 1 aliphatic heterocycles. The Kier molecular flexibility index (Phi) is 5.70. The fourth-order valence-electron chi connectivity index (χ4n) is 2.81. The summed E-state index contributed by atoms with van der Waals surface area (Å²) in [6.45, 7) is 3.68. The van der Waals surface area contributed by atoms with Gasteiger partial charge in [-0.3, -0.25) is 4.79 Å². The van der Waals surface area contributed by atoms with E-state index in [4.69, 9.17) is 16.0 Å². The number of halogens is 2. The Labute approximate surface area is 165 Å². The standard InChI is InChI=1S/C19H17BrClN3O2/c1-12-16(21)5-4-6-17(12)23-18(25)13(11-22)9-14-10-15(20)19(26-14)24-7-2-3-8-24/h4-6,9-10H,2-3,7-8H2,1H3,(H,23,25)/b13-9-. The third-order valence-corrected chi connectivity index (χ3v) is 5.23. The smallest absolute Gasteiger partial charge is 0.266 e. The predicted octanol–water partition coefficient (Wildman–Crippen LogP) is 5.15. The van der Waals surface area contributed by atoms with Crippen LogP contribution in [0, 0.1) is 18.3 Å². The predicted molar refractivity (Wildman–Crippen MR) is 106 cm³/mol. The largest absolute Gasteiger partial charge is 0.440 e. The Hall–Kier alpha value is -2.23. The number of hydrogen-bond acceptors (Lipinski definition) is 4. The molecule has 1 aromatic carbocycles. The second-order valence-electron chi connectivity index (χ2n) is 6.03. The van der Waals surface area contributed by atoms with Gasteiger partial charge in [-0.2, -0.15) is 5.26 Å². The van der Waals surface area contributed by atoms with E-state index in [1.807, 2.05) is 6.07 Å². The highest BCUT2D eigenvalue weighted by molar-refractivity contribution is 9.10. The summed E-state index contributed by atoms with van der Waals surface area (Å²) >= 11 is 9.55. The topological polar surface area (TPSA) is 69.3 Å². The zero-order valence-corrected chi connectivity index (χ0v) is 16.5. The van der Waals surface area contributed by atoms with Crippen molar-refractivity contribution in [3.63, 3.8) is 0 Å². The maximum absolute atomic E-state index is 12.5. The van der Waals surface area contributed by atoms with Crippen LogP contribution in [-0.4, -0.2) is 19.0 Å². The summed E-state index contributed by atoms with van der Waals surface area (Å²) in [5, 5.41) is 12.7. The van der Waals surface area contributed by atoms with E-state index in [0.29, 0.717) is 16.5 Å². The molecule has 0 bridgehead atoms. The Balaban J connectivity index is 1.82. The van der Waals surface area contributed by atoms with Crippen molar-refractivity contribution in [1.82, 2.24) is 0 Å². The molecule has 134 valence electrons. The molecule has 0 spiro atoms. The summed E-state index contributed by atoms with van der Waals surface area (Å²) in [6, 6.07) is 8.92. The first-order valence-corrected chi connectivity index (χ1v) is 9.39. The molecule has 2 aromatic rings. The first-order valence-electron chi connectivity index (χ1n) is 8.22. The molecular formula is C19H17BrClN3O2. The highest BCUT2D eigenvalue weighted by Crippen LogP contribution is 2.33. The van der Waals surface area contributed by atoms with Crippen LogP contribution in [0.4, 0.5) is 11.6 Å². The molecule has 3 rings (SSSR count). The lowest BCUT2D eigenvalue weighted by Crippen LogP contribution is -2.17. The second kappa shape index (κ2) is 7.98. The first kappa shape index (κ1) is 18.6. The highest BCUT2D eigenvalue weighted by atomic mass is 79.9. The molecule has 1 N–H and O–H groups in total. The average Bonchev–Trinajstić information content (AvgIpc) is 3.26. The quantitative estimate of drug-likeness (QED) is 0.534. The average molecular weight is 435 g/mol. The number of furan rings is 1. The number of nitriles is 1. The molecule has 2 heterocycles. The van der Waals surface area contributed by atoms with Gasteiger partial charge in [0, 0.05) is 35.9 Å². The van der Waals surface area contributed by atoms with Crippen LogP contribution >= 0.6 is 27.5 Å². The van der Waals surface area contributed by atoms with Crippen molar-refractivity contribution in [2.24, 2.45) is 0 Å². The lowest BCUT2D eigenvalue weighted by atomic mass is 10.1. The molecule has 26 heavy (non-hydrogen) atoms. The third kappa shape index (κ3) is 3.95. The van der Waals surface area contributed by atoms with Crippen LogP contribution in [0.15, 0.2) is 38.7 Å². The van der Waals surface area contributed by atoms with Gasteiger partial charge in [0.2, 0.25) is 5.88 Å². The van der Waals surface area contributed by atoms with Gasteiger partial charge in [-0.15, -0.1) is 0 Å². The SMILES string of the molecule is Cc1c(Cl)cccc1NC(=O)/C(C#N)=C\c1cc(Br)c(N2CCCC2)o1. The van der Waals surface area contributed by atoms with Crippen LogP contribution in [0.1, 0.15) is 24.2 Å². The van der Waals surface area contributed by atoms with E-state index >= 15 is 0 Å². The van der Waals surface area contributed by atoms with Crippen molar-refractivity contribution < 1.29 is 9.21 Å². The minimum Gasteiger partial charge on any atom is -0.440 e. The monoisotopic (exact) mass is 433 g/mol. The number of amides is 1. The molecule has 1 fully saturated rings. The Bertz CT molecular complexity index is 908. The molecular weight excluding hydrogens is 418 g/mol. The van der Waals surface area contributed by atoms with Crippen LogP contribution < -0.4 is 10.2 Å². The van der Waals surface area contributed by atoms with Crippen LogP contribution in [0.5, 0.6) is 0 Å². The summed E-state index contributed by atoms with van der Waals surface area (Å²) in [6.07, 6.45) is 3.70. The minimum absolute atomic E-state index is 0.0430. The lowest BCUT2D eigenvalue weighted by Gasteiger charge is -2.13. The number of rotatable bonds is 4. The molecule has 1 aromatic heterocycles. The number of benzene rings is 1. The van der Waals surface area contributed by atoms with E-state index in [1.165, 1.54) is 6.08 Å². The van der Waals surface area contributed by atoms with Crippen molar-refractivity contribution in [2.45, 2.75) is 19.8 Å². The molecule has 0 unspecified atom stereocenters. The molecule has 0 aliphatic carbocycles. The summed E-state index contributed by atoms with van der Waals surface area (Å²) in [5.41, 5.74) is 1.28. The molecule has 5 nitrogen and oxygen atoms in total. The highest BCUT2D eigenvalue weighted by Gasteiger charge is 2.20. The van der Waals surface area contributed by atoms with Gasteiger partial charge in [0.25, 0.3) is 5.91 Å². The van der Waals surface area contributed by atoms with Gasteiger partial charge in [-0.1, -0.05) is 17.7 Å². The zero-order chi connectivity index (χ0) is 18.7. The number of carbonyl (C=O) groups is 1. The fraction of sp³-hybridized carbons (Fsp3) is 0.263.